The van der Waals surface area contributed by atoms with E-state index in [1.807, 2.05) is 18.2 Å². The number of aliphatic imine (C=N–C) groups is 1. The zero-order chi connectivity index (χ0) is 36.3. The van der Waals surface area contributed by atoms with Crippen LogP contribution in [0.1, 0.15) is 52.9 Å². The second kappa shape index (κ2) is 19.3. The van der Waals surface area contributed by atoms with E-state index in [0.29, 0.717) is 60.6 Å². The average molecular weight is 1040 g/mol. The number of piperidine rings is 1. The summed E-state index contributed by atoms with van der Waals surface area (Å²) >= 11 is 2.45. The van der Waals surface area contributed by atoms with Crippen molar-refractivity contribution in [3.8, 4) is 16.9 Å². The number of amides is 1. The summed E-state index contributed by atoms with van der Waals surface area (Å²) in [6.45, 7) is 3.45. The van der Waals surface area contributed by atoms with Crippen molar-refractivity contribution in [1.29, 1.82) is 0 Å². The van der Waals surface area contributed by atoms with Gasteiger partial charge in [-0.05, 0) is 72.3 Å². The molecule has 1 amide bonds. The van der Waals surface area contributed by atoms with Crippen LogP contribution in [0.3, 0.4) is 0 Å². The van der Waals surface area contributed by atoms with Crippen molar-refractivity contribution in [1.82, 2.24) is 13.3 Å². The third kappa shape index (κ3) is 11.1. The van der Waals surface area contributed by atoms with Crippen LogP contribution >= 0.6 is 29.1 Å². The third-order valence-electron chi connectivity index (χ3n) is 8.79. The second-order valence-corrected chi connectivity index (χ2v) is 20.8. The summed E-state index contributed by atoms with van der Waals surface area (Å²) in [5, 5.41) is 14.1. The van der Waals surface area contributed by atoms with E-state index in [4.69, 9.17) is 15.2 Å². The number of anilines is 1. The number of aliphatic carboxylic acids is 1. The standard InChI is InChI=1S/C34H42N6O7S2.HI.Pb/c1-46-29(41)17-21-7-12-40(13-8-21)20-22-4-2-5-23(16-22)25-18-24-9-14-47-30(24)28(19-25)49(45)39-26-10-15-48-31(26)32(42)38-27(33(43)44)6-3-11-37-34(35)36;;/h2,4-5,10,15-16,18-19,21,27H,3,6-9,11-14,17,20H2,1H3,(H7,35,36,37,38,39,42,43,44);1H;/q;;+2/p-2/t27-,49?;;/m0../s1. The fourth-order valence-corrected chi connectivity index (χ4v) is 11.1. The number of rotatable bonds is 16. The molecule has 272 valence electrons. The molecule has 0 bridgehead atoms. The molecule has 5 rings (SSSR count). The fraction of sp³-hybridized carbons (Fsp3) is 0.412. The molecule has 2 aromatic carbocycles. The number of hydrogen-bond acceptors (Lipinski definition) is 9. The Morgan fingerprint density at radius 2 is 2.02 bits per heavy atom. The van der Waals surface area contributed by atoms with Gasteiger partial charge in [-0.15, -0.1) is 0 Å². The Morgan fingerprint density at radius 3 is 2.76 bits per heavy atom. The van der Waals surface area contributed by atoms with Crippen LogP contribution in [-0.4, -0.2) is 97.7 Å². The summed E-state index contributed by atoms with van der Waals surface area (Å²) in [5.41, 5.74) is 10.1. The van der Waals surface area contributed by atoms with Gasteiger partial charge in [0.25, 0.3) is 0 Å². The normalized spacial score (nSPS) is 16.1. The Labute approximate surface area is 325 Å². The minimum atomic E-state index is -1.79. The van der Waals surface area contributed by atoms with Crippen LogP contribution < -0.4 is 23.6 Å². The Balaban J connectivity index is 1.25. The number of carbonyl (C=O) groups is 3. The first-order valence-corrected chi connectivity index (χ1v) is 31.4. The Kier molecular flexibility index (Phi) is 14.9. The summed E-state index contributed by atoms with van der Waals surface area (Å²) in [6, 6.07) is 12.8. The number of hydrogen-bond donors (Lipinski definition) is 5. The van der Waals surface area contributed by atoms with Gasteiger partial charge in [-0.1, -0.05) is 18.2 Å². The Bertz CT molecular complexity index is 1770. The van der Waals surface area contributed by atoms with Gasteiger partial charge in [-0.2, -0.15) is 0 Å². The number of benzene rings is 2. The number of fused-ring (bicyclic) bond motifs is 1. The monoisotopic (exact) mass is 1040 g/mol. The van der Waals surface area contributed by atoms with Crippen molar-refractivity contribution in [3.63, 3.8) is 0 Å². The Hall–Kier alpha value is -2.82. The van der Waals surface area contributed by atoms with Gasteiger partial charge in [-0.3, -0.25) is 9.69 Å². The molecule has 51 heavy (non-hydrogen) atoms. The zero-order valence-corrected chi connectivity index (χ0v) is 35.8. The smallest absolute Gasteiger partial charge is 0.0924 e. The fourth-order valence-electron chi connectivity index (χ4n) is 6.14. The van der Waals surface area contributed by atoms with Crippen LogP contribution in [0.2, 0.25) is 0 Å². The summed E-state index contributed by atoms with van der Waals surface area (Å²) in [4.78, 5) is 44.2. The van der Waals surface area contributed by atoms with E-state index in [2.05, 4.69) is 59.0 Å². The first-order valence-electron chi connectivity index (χ1n) is 16.5. The van der Waals surface area contributed by atoms with Gasteiger partial charge in [0, 0.05) is 19.4 Å². The number of nitrogens with one attached hydrogen (secondary N) is 3. The van der Waals surface area contributed by atoms with Crippen LogP contribution in [0.15, 0.2) is 57.7 Å². The van der Waals surface area contributed by atoms with Crippen LogP contribution in [0.25, 0.3) is 11.1 Å². The molecular formula is C34H41IN6O7PbS2. The van der Waals surface area contributed by atoms with E-state index >= 15 is 0 Å². The number of nitrogens with zero attached hydrogens (tertiary/aromatic N) is 2. The van der Waals surface area contributed by atoms with E-state index in [1.54, 1.807) is 11.4 Å². The summed E-state index contributed by atoms with van der Waals surface area (Å²) in [6.07, 6.45) is 3.68. The van der Waals surface area contributed by atoms with Crippen molar-refractivity contribution in [2.24, 2.45) is 16.6 Å². The molecule has 3 heterocycles. The molecular weight excluding hydrogens is 1000 g/mol. The van der Waals surface area contributed by atoms with Crippen LogP contribution in [0.4, 0.5) is 5.69 Å². The summed E-state index contributed by atoms with van der Waals surface area (Å²) < 4.78 is 30.7. The van der Waals surface area contributed by atoms with Gasteiger partial charge in [0.2, 0.25) is 0 Å². The van der Waals surface area contributed by atoms with Crippen molar-refractivity contribution >= 4 is 89.8 Å². The van der Waals surface area contributed by atoms with Gasteiger partial charge in [0.15, 0.2) is 11.0 Å². The maximum absolute atomic E-state index is 13.9. The molecule has 2 aliphatic heterocycles. The predicted octanol–water partition coefficient (Wildman–Crippen LogP) is 4.10. The van der Waals surface area contributed by atoms with E-state index in [9.17, 15) is 23.7 Å². The zero-order valence-electron chi connectivity index (χ0n) is 28.1. The molecule has 2 aliphatic rings. The number of ether oxygens (including phenoxy) is 2. The molecule has 1 fully saturated rings. The number of thiophene rings is 1. The molecule has 17 heteroatoms. The van der Waals surface area contributed by atoms with Crippen molar-refractivity contribution < 1.29 is 33.2 Å². The van der Waals surface area contributed by atoms with Crippen molar-refractivity contribution in [3.05, 3.63) is 63.8 Å². The van der Waals surface area contributed by atoms with Gasteiger partial charge in [0.1, 0.15) is 10.6 Å². The second-order valence-electron chi connectivity index (χ2n) is 12.3. The number of halogens is 1. The van der Waals surface area contributed by atoms with Crippen LogP contribution in [0.5, 0.6) is 5.75 Å². The van der Waals surface area contributed by atoms with Gasteiger partial charge in [-0.25, -0.2) is 4.21 Å². The SMILES string of the molecule is COC(=O)CC1CCN(Cc2cccc(-c3cc4c(c(S(=O)Nc5ccsc5C(=O)N[C@@H](CCCN=C(N)[NH][Pb][I])C(=O)O)c3)OCC4)c2)CC1. The largest absolute Gasteiger partial charge is 0.492 e. The minimum Gasteiger partial charge on any atom is -0.492 e. The topological polar surface area (TPSA) is 185 Å². The first-order chi connectivity index (χ1) is 24.6. The molecule has 13 nitrogen and oxygen atoms in total. The first kappa shape index (κ1) is 39.4. The minimum absolute atomic E-state index is 0.150. The molecule has 2 atom stereocenters. The van der Waals surface area contributed by atoms with Gasteiger partial charge >= 0.3 is 159 Å². The maximum atomic E-state index is 13.9. The number of carbonyl (C=O) groups excluding carboxylic acids is 2. The maximum Gasteiger partial charge on any atom is 0.0924 e. The molecule has 1 saturated heterocycles. The molecule has 1 aromatic heterocycles. The molecule has 2 radical (unpaired) electrons. The van der Waals surface area contributed by atoms with E-state index in [0.717, 1.165) is 66.1 Å². The average Bonchev–Trinajstić information content (AvgIpc) is 3.80. The molecule has 0 spiro atoms. The number of methoxy groups -OCH3 is 1. The summed E-state index contributed by atoms with van der Waals surface area (Å²) in [5.74, 6) is -0.578. The van der Waals surface area contributed by atoms with E-state index in [1.165, 1.54) is 7.11 Å². The molecule has 0 saturated carbocycles. The van der Waals surface area contributed by atoms with Crippen LogP contribution in [0, 0.1) is 5.92 Å². The Morgan fingerprint density at radius 1 is 1.22 bits per heavy atom. The number of guanidine groups is 1. The van der Waals surface area contributed by atoms with E-state index in [-0.39, 0.29) is 17.3 Å². The number of likely N-dealkylation sites (tertiary alicyclic amines) is 1. The van der Waals surface area contributed by atoms with Gasteiger partial charge < -0.3 is 9.47 Å². The van der Waals surface area contributed by atoms with Gasteiger partial charge in [0.05, 0.1) is 13.7 Å². The van der Waals surface area contributed by atoms with Crippen molar-refractivity contribution in [2.75, 3.05) is 38.1 Å². The summed E-state index contributed by atoms with van der Waals surface area (Å²) in [7, 11) is -0.361. The number of nitrogens with two attached hydrogens (primary N) is 1. The van der Waals surface area contributed by atoms with E-state index < -0.39 is 49.1 Å². The molecule has 1 unspecified atom stereocenters. The number of carboxylic acids is 1. The predicted molar refractivity (Wildman–Crippen MR) is 208 cm³/mol. The number of carboxylic acid groups (broad SMARTS) is 1. The number of esters is 1. The van der Waals surface area contributed by atoms with Crippen LogP contribution in [-0.2, 0) is 38.3 Å². The molecule has 3 aromatic rings. The third-order valence-corrected chi connectivity index (χ3v) is 14.5. The quantitative estimate of drug-likeness (QED) is 0.0350. The van der Waals surface area contributed by atoms with Crippen molar-refractivity contribution in [2.45, 2.75) is 56.0 Å². The molecule has 0 aliphatic carbocycles. The molecule has 6 N–H and O–H groups in total.